The summed E-state index contributed by atoms with van der Waals surface area (Å²) in [5.74, 6) is 0.470. The molecular formula is C41H27NS. The number of fused-ring (bicyclic) bond motifs is 13. The topological polar surface area (TPSA) is 4.93 Å². The number of hydrogen-bond acceptors (Lipinski definition) is 1. The molecule has 6 aromatic rings. The van der Waals surface area contributed by atoms with Gasteiger partial charge in [0, 0.05) is 32.2 Å². The largest absolute Gasteiger partial charge is 0.309 e. The molecule has 1 unspecified atom stereocenters. The molecule has 1 nitrogen and oxygen atoms in total. The molecule has 0 bridgehead atoms. The molecule has 2 heteroatoms. The fraction of sp³-hybridized carbons (Fsp3) is 0.0732. The van der Waals surface area contributed by atoms with E-state index in [0.717, 1.165) is 6.42 Å². The standard InChI is InChI=1S/C41H27NS/c1-2-12-27-23-28(22-21-26(27)11-1)42-37-19-9-5-15-31(37)32-24-40-36(25-38(32)42)41(35-18-8-10-20-39(35)43-40)33-16-6-3-13-29(33)30-14-4-7-17-34(30)41/h1-10,12-26H,11H2. The number of rotatable bonds is 1. The van der Waals surface area contributed by atoms with Crippen LogP contribution in [0, 0.1) is 5.92 Å². The van der Waals surface area contributed by atoms with Gasteiger partial charge >= 0.3 is 0 Å². The monoisotopic (exact) mass is 565 g/mol. The van der Waals surface area contributed by atoms with E-state index in [1.165, 1.54) is 76.2 Å². The minimum atomic E-state index is -0.377. The first-order valence-electron chi connectivity index (χ1n) is 15.1. The second-order valence-corrected chi connectivity index (χ2v) is 13.1. The highest BCUT2D eigenvalue weighted by atomic mass is 32.2. The Morgan fingerprint density at radius 2 is 1.37 bits per heavy atom. The van der Waals surface area contributed by atoms with Gasteiger partial charge in [-0.05, 0) is 81.8 Å². The molecule has 43 heavy (non-hydrogen) atoms. The molecule has 4 aliphatic rings. The molecule has 0 saturated carbocycles. The van der Waals surface area contributed by atoms with Crippen LogP contribution in [-0.4, -0.2) is 4.57 Å². The Kier molecular flexibility index (Phi) is 4.76. The first kappa shape index (κ1) is 23.7. The summed E-state index contributed by atoms with van der Waals surface area (Å²) in [6, 6.07) is 41.1. The molecule has 0 radical (unpaired) electrons. The van der Waals surface area contributed by atoms with E-state index in [0.29, 0.717) is 5.92 Å². The smallest absolute Gasteiger partial charge is 0.0736 e. The van der Waals surface area contributed by atoms with Crippen LogP contribution in [0.2, 0.25) is 0 Å². The molecule has 0 N–H and O–H groups in total. The van der Waals surface area contributed by atoms with Crippen molar-refractivity contribution >= 4 is 39.3 Å². The van der Waals surface area contributed by atoms with Gasteiger partial charge in [-0.1, -0.05) is 121 Å². The highest BCUT2D eigenvalue weighted by Gasteiger charge is 2.50. The molecule has 10 rings (SSSR count). The van der Waals surface area contributed by atoms with Crippen molar-refractivity contribution < 1.29 is 0 Å². The minimum absolute atomic E-state index is 0.377. The van der Waals surface area contributed by atoms with E-state index in [9.17, 15) is 0 Å². The van der Waals surface area contributed by atoms with Crippen molar-refractivity contribution in [3.05, 3.63) is 173 Å². The molecule has 1 aliphatic heterocycles. The van der Waals surface area contributed by atoms with Crippen LogP contribution >= 0.6 is 11.8 Å². The van der Waals surface area contributed by atoms with E-state index in [1.54, 1.807) is 0 Å². The van der Waals surface area contributed by atoms with E-state index < -0.39 is 0 Å². The van der Waals surface area contributed by atoms with Gasteiger partial charge in [-0.2, -0.15) is 0 Å². The third kappa shape index (κ3) is 3.04. The molecule has 1 atom stereocenters. The number of para-hydroxylation sites is 1. The van der Waals surface area contributed by atoms with Gasteiger partial charge in [0.2, 0.25) is 0 Å². The van der Waals surface area contributed by atoms with Crippen molar-refractivity contribution in [1.82, 2.24) is 4.57 Å². The predicted octanol–water partition coefficient (Wildman–Crippen LogP) is 10.5. The molecule has 5 aromatic carbocycles. The zero-order valence-electron chi connectivity index (χ0n) is 23.5. The summed E-state index contributed by atoms with van der Waals surface area (Å²) in [7, 11) is 0. The minimum Gasteiger partial charge on any atom is -0.309 e. The van der Waals surface area contributed by atoms with Gasteiger partial charge in [0.05, 0.1) is 16.4 Å². The van der Waals surface area contributed by atoms with E-state index >= 15 is 0 Å². The van der Waals surface area contributed by atoms with Gasteiger partial charge in [0.1, 0.15) is 0 Å². The van der Waals surface area contributed by atoms with Crippen LogP contribution in [0.4, 0.5) is 0 Å². The Bertz CT molecular complexity index is 2260. The Hall–Kier alpha value is -4.79. The molecule has 1 aromatic heterocycles. The molecular weight excluding hydrogens is 539 g/mol. The average molecular weight is 566 g/mol. The number of nitrogens with zero attached hydrogens (tertiary/aromatic N) is 1. The lowest BCUT2D eigenvalue weighted by atomic mass is 9.67. The maximum atomic E-state index is 2.53. The second-order valence-electron chi connectivity index (χ2n) is 12.0. The van der Waals surface area contributed by atoms with Crippen molar-refractivity contribution in [1.29, 1.82) is 0 Å². The van der Waals surface area contributed by atoms with Crippen molar-refractivity contribution in [3.63, 3.8) is 0 Å². The van der Waals surface area contributed by atoms with Crippen molar-refractivity contribution in [2.75, 3.05) is 0 Å². The molecule has 3 aliphatic carbocycles. The highest BCUT2D eigenvalue weighted by molar-refractivity contribution is 7.99. The highest BCUT2D eigenvalue weighted by Crippen LogP contribution is 2.62. The maximum absolute atomic E-state index is 2.53. The zero-order valence-corrected chi connectivity index (χ0v) is 24.3. The van der Waals surface area contributed by atoms with Crippen molar-refractivity contribution in [2.45, 2.75) is 21.6 Å². The third-order valence-electron chi connectivity index (χ3n) is 9.96. The van der Waals surface area contributed by atoms with Crippen LogP contribution in [0.15, 0.2) is 161 Å². The summed E-state index contributed by atoms with van der Waals surface area (Å²) < 4.78 is 2.50. The lowest BCUT2D eigenvalue weighted by Gasteiger charge is -2.39. The molecule has 1 spiro atoms. The molecule has 0 fully saturated rings. The van der Waals surface area contributed by atoms with Gasteiger partial charge < -0.3 is 4.57 Å². The lowest BCUT2D eigenvalue weighted by molar-refractivity contribution is 0.724. The molecule has 0 amide bonds. The Morgan fingerprint density at radius 3 is 2.21 bits per heavy atom. The summed E-state index contributed by atoms with van der Waals surface area (Å²) in [4.78, 5) is 2.68. The molecule has 202 valence electrons. The zero-order chi connectivity index (χ0) is 28.1. The van der Waals surface area contributed by atoms with E-state index in [2.05, 4.69) is 150 Å². The lowest BCUT2D eigenvalue weighted by Crippen LogP contribution is -2.32. The summed E-state index contributed by atoms with van der Waals surface area (Å²) in [5, 5.41) is 2.61. The fourth-order valence-corrected chi connectivity index (χ4v) is 9.39. The number of benzene rings is 5. The van der Waals surface area contributed by atoms with E-state index in [1.807, 2.05) is 11.8 Å². The summed E-state index contributed by atoms with van der Waals surface area (Å²) in [6.07, 6.45) is 15.0. The normalized spacial score (nSPS) is 18.6. The van der Waals surface area contributed by atoms with Crippen molar-refractivity contribution in [3.8, 4) is 11.1 Å². The van der Waals surface area contributed by atoms with Gasteiger partial charge in [-0.3, -0.25) is 0 Å². The first-order valence-corrected chi connectivity index (χ1v) is 16.0. The SMILES string of the molecule is C1=CCC2C=CC(n3c4ccccc4c4cc5c(cc43)C3(c4ccccc4S5)c4ccccc4-c4ccccc43)=CC2=C1. The Labute approximate surface area is 255 Å². The van der Waals surface area contributed by atoms with Crippen LogP contribution in [0.5, 0.6) is 0 Å². The number of aromatic nitrogens is 1. The summed E-state index contributed by atoms with van der Waals surface area (Å²) in [5.41, 5.74) is 13.0. The van der Waals surface area contributed by atoms with E-state index in [4.69, 9.17) is 0 Å². The Morgan fingerprint density at radius 1 is 0.651 bits per heavy atom. The third-order valence-corrected chi connectivity index (χ3v) is 11.1. The van der Waals surface area contributed by atoms with Gasteiger partial charge in [-0.25, -0.2) is 0 Å². The molecule has 2 heterocycles. The Balaban J connectivity index is 1.35. The summed E-state index contributed by atoms with van der Waals surface area (Å²) >= 11 is 1.92. The number of hydrogen-bond donors (Lipinski definition) is 0. The van der Waals surface area contributed by atoms with E-state index in [-0.39, 0.29) is 5.41 Å². The molecule has 0 saturated heterocycles. The van der Waals surface area contributed by atoms with Gasteiger partial charge in [0.25, 0.3) is 0 Å². The first-order chi connectivity index (χ1) is 21.3. The van der Waals surface area contributed by atoms with Gasteiger partial charge in [0.15, 0.2) is 0 Å². The van der Waals surface area contributed by atoms with Crippen LogP contribution in [-0.2, 0) is 5.41 Å². The van der Waals surface area contributed by atoms with Crippen molar-refractivity contribution in [2.24, 2.45) is 5.92 Å². The number of allylic oxidation sites excluding steroid dienone is 8. The fourth-order valence-electron chi connectivity index (χ4n) is 8.18. The average Bonchev–Trinajstić information content (AvgIpc) is 3.55. The van der Waals surface area contributed by atoms with Crippen LogP contribution in [0.25, 0.3) is 38.6 Å². The predicted molar refractivity (Wildman–Crippen MR) is 180 cm³/mol. The van der Waals surface area contributed by atoms with Gasteiger partial charge in [-0.15, -0.1) is 0 Å². The maximum Gasteiger partial charge on any atom is 0.0736 e. The van der Waals surface area contributed by atoms with Crippen LogP contribution in [0.3, 0.4) is 0 Å². The van der Waals surface area contributed by atoms with Crippen LogP contribution < -0.4 is 0 Å². The quantitative estimate of drug-likeness (QED) is 0.192. The summed E-state index contributed by atoms with van der Waals surface area (Å²) in [6.45, 7) is 0. The second kappa shape index (κ2) is 8.63. The van der Waals surface area contributed by atoms with Crippen LogP contribution in [0.1, 0.15) is 28.7 Å².